The van der Waals surface area contributed by atoms with Crippen LogP contribution in [0.25, 0.3) is 5.65 Å². The third-order valence-electron chi connectivity index (χ3n) is 4.44. The van der Waals surface area contributed by atoms with E-state index in [1.165, 1.54) is 9.08 Å². The van der Waals surface area contributed by atoms with Crippen molar-refractivity contribution in [3.05, 3.63) is 46.6 Å². The number of hydrogen-bond donors (Lipinski definition) is 1. The third-order valence-corrected chi connectivity index (χ3v) is 4.44. The van der Waals surface area contributed by atoms with E-state index in [0.29, 0.717) is 30.3 Å². The van der Waals surface area contributed by atoms with Gasteiger partial charge in [0.2, 0.25) is 5.89 Å². The second kappa shape index (κ2) is 6.37. The van der Waals surface area contributed by atoms with Gasteiger partial charge in [0.1, 0.15) is 0 Å². The Bertz CT molecular complexity index is 893. The zero-order valence-electron chi connectivity index (χ0n) is 13.1. The Labute approximate surface area is 144 Å². The lowest BCUT2D eigenvalue weighted by Gasteiger charge is -2.17. The molecule has 9 heteroatoms. The highest BCUT2D eigenvalue weighted by Crippen LogP contribution is 2.34. The molecule has 1 saturated carbocycles. The number of aromatic nitrogens is 5. The number of pyridine rings is 1. The SMILES string of the molecule is Cl.NC1(c2noc(CCn3nc4ccccn4c3=O)n2)CCCC1. The van der Waals surface area contributed by atoms with Crippen LogP contribution in [-0.4, -0.2) is 24.3 Å². The van der Waals surface area contributed by atoms with Crippen molar-refractivity contribution in [2.75, 3.05) is 0 Å². The smallest absolute Gasteiger partial charge is 0.339 e. The minimum atomic E-state index is -0.457. The van der Waals surface area contributed by atoms with Gasteiger partial charge >= 0.3 is 5.69 Å². The van der Waals surface area contributed by atoms with Crippen molar-refractivity contribution in [1.82, 2.24) is 24.3 Å². The standard InChI is InChI=1S/C15H18N6O2.ClH/c16-15(7-2-3-8-15)13-17-12(23-19-13)6-10-21-14(22)20-9-4-1-5-11(20)18-21;/h1,4-5,9H,2-3,6-8,10,16H2;1H. The average molecular weight is 351 g/mol. The summed E-state index contributed by atoms with van der Waals surface area (Å²) in [5, 5.41) is 8.30. The van der Waals surface area contributed by atoms with Crippen LogP contribution >= 0.6 is 12.4 Å². The molecule has 0 amide bonds. The van der Waals surface area contributed by atoms with Crippen molar-refractivity contribution < 1.29 is 4.52 Å². The summed E-state index contributed by atoms with van der Waals surface area (Å²) in [6.45, 7) is 0.389. The Morgan fingerprint density at radius 3 is 2.83 bits per heavy atom. The molecule has 4 rings (SSSR count). The summed E-state index contributed by atoms with van der Waals surface area (Å²) in [7, 11) is 0. The first-order chi connectivity index (χ1) is 11.2. The summed E-state index contributed by atoms with van der Waals surface area (Å²) in [5.41, 5.74) is 6.31. The molecule has 2 N–H and O–H groups in total. The Hall–Kier alpha value is -2.19. The number of aryl methyl sites for hydroxylation is 2. The van der Waals surface area contributed by atoms with Crippen LogP contribution in [0.2, 0.25) is 0 Å². The van der Waals surface area contributed by atoms with Crippen LogP contribution in [-0.2, 0) is 18.5 Å². The van der Waals surface area contributed by atoms with Crippen LogP contribution in [0.3, 0.4) is 0 Å². The lowest BCUT2D eigenvalue weighted by Crippen LogP contribution is -2.34. The molecule has 1 aliphatic carbocycles. The van der Waals surface area contributed by atoms with E-state index in [9.17, 15) is 4.79 Å². The van der Waals surface area contributed by atoms with Crippen molar-refractivity contribution in [2.24, 2.45) is 5.73 Å². The fraction of sp³-hybridized carbons (Fsp3) is 0.467. The molecule has 0 radical (unpaired) electrons. The van der Waals surface area contributed by atoms with Crippen LogP contribution < -0.4 is 11.4 Å². The molecule has 0 saturated heterocycles. The fourth-order valence-electron chi connectivity index (χ4n) is 3.10. The number of fused-ring (bicyclic) bond motifs is 1. The molecule has 3 heterocycles. The lowest BCUT2D eigenvalue weighted by atomic mass is 9.99. The van der Waals surface area contributed by atoms with Gasteiger partial charge in [-0.05, 0) is 25.0 Å². The van der Waals surface area contributed by atoms with E-state index < -0.39 is 5.54 Å². The first-order valence-electron chi connectivity index (χ1n) is 7.82. The third kappa shape index (κ3) is 2.83. The highest BCUT2D eigenvalue weighted by molar-refractivity contribution is 5.85. The Morgan fingerprint density at radius 1 is 1.29 bits per heavy atom. The van der Waals surface area contributed by atoms with Crippen molar-refractivity contribution in [1.29, 1.82) is 0 Å². The van der Waals surface area contributed by atoms with E-state index in [0.717, 1.165) is 25.7 Å². The largest absolute Gasteiger partial charge is 0.350 e. The average Bonchev–Trinajstić information content (AvgIpc) is 3.26. The molecular formula is C15H19ClN6O2. The van der Waals surface area contributed by atoms with E-state index in [2.05, 4.69) is 15.2 Å². The van der Waals surface area contributed by atoms with Gasteiger partial charge in [-0.25, -0.2) is 9.48 Å². The number of hydrogen-bond acceptors (Lipinski definition) is 6. The minimum Gasteiger partial charge on any atom is -0.339 e. The van der Waals surface area contributed by atoms with Gasteiger partial charge in [0.25, 0.3) is 0 Å². The Kier molecular flexibility index (Phi) is 4.42. The molecule has 0 aromatic carbocycles. The summed E-state index contributed by atoms with van der Waals surface area (Å²) in [6.07, 6.45) is 6.11. The van der Waals surface area contributed by atoms with Crippen LogP contribution in [0, 0.1) is 0 Å². The predicted octanol–water partition coefficient (Wildman–Crippen LogP) is 1.27. The summed E-state index contributed by atoms with van der Waals surface area (Å²) < 4.78 is 8.20. The van der Waals surface area contributed by atoms with Gasteiger partial charge in [0, 0.05) is 12.6 Å². The van der Waals surface area contributed by atoms with Gasteiger partial charge in [0.15, 0.2) is 11.5 Å². The highest BCUT2D eigenvalue weighted by atomic mass is 35.5. The number of rotatable bonds is 4. The highest BCUT2D eigenvalue weighted by Gasteiger charge is 2.35. The molecule has 3 aromatic rings. The van der Waals surface area contributed by atoms with Gasteiger partial charge < -0.3 is 10.3 Å². The molecule has 0 bridgehead atoms. The zero-order valence-corrected chi connectivity index (χ0v) is 13.9. The predicted molar refractivity (Wildman–Crippen MR) is 89.0 cm³/mol. The van der Waals surface area contributed by atoms with E-state index >= 15 is 0 Å². The molecule has 1 fully saturated rings. The maximum Gasteiger partial charge on any atom is 0.350 e. The molecule has 3 aromatic heterocycles. The summed E-state index contributed by atoms with van der Waals surface area (Å²) in [5.74, 6) is 1.06. The van der Waals surface area contributed by atoms with Crippen molar-refractivity contribution in [2.45, 2.75) is 44.2 Å². The molecular weight excluding hydrogens is 332 g/mol. The topological polar surface area (TPSA) is 104 Å². The maximum atomic E-state index is 12.2. The normalized spacial score (nSPS) is 16.4. The van der Waals surface area contributed by atoms with E-state index in [1.54, 1.807) is 18.3 Å². The molecule has 1 aliphatic rings. The summed E-state index contributed by atoms with van der Waals surface area (Å²) >= 11 is 0. The molecule has 0 atom stereocenters. The second-order valence-electron chi connectivity index (χ2n) is 6.06. The quantitative estimate of drug-likeness (QED) is 0.759. The Morgan fingerprint density at radius 2 is 2.08 bits per heavy atom. The monoisotopic (exact) mass is 350 g/mol. The van der Waals surface area contributed by atoms with Gasteiger partial charge in [-0.3, -0.25) is 4.40 Å². The zero-order chi connectivity index (χ0) is 15.9. The molecule has 0 unspecified atom stereocenters. The van der Waals surface area contributed by atoms with Crippen molar-refractivity contribution in [3.8, 4) is 0 Å². The fourth-order valence-corrected chi connectivity index (χ4v) is 3.10. The minimum absolute atomic E-state index is 0. The number of halogens is 1. The van der Waals surface area contributed by atoms with Gasteiger partial charge in [-0.1, -0.05) is 24.1 Å². The number of nitrogens with two attached hydrogens (primary N) is 1. The lowest BCUT2D eigenvalue weighted by molar-refractivity contribution is 0.343. The number of nitrogens with zero attached hydrogens (tertiary/aromatic N) is 5. The van der Waals surface area contributed by atoms with Gasteiger partial charge in [0.05, 0.1) is 12.1 Å². The molecule has 24 heavy (non-hydrogen) atoms. The van der Waals surface area contributed by atoms with Gasteiger partial charge in [-0.15, -0.1) is 17.5 Å². The van der Waals surface area contributed by atoms with Crippen LogP contribution in [0.5, 0.6) is 0 Å². The van der Waals surface area contributed by atoms with Crippen LogP contribution in [0.4, 0.5) is 0 Å². The van der Waals surface area contributed by atoms with E-state index in [1.807, 2.05) is 6.07 Å². The van der Waals surface area contributed by atoms with Crippen molar-refractivity contribution in [3.63, 3.8) is 0 Å². The first kappa shape index (κ1) is 16.7. The molecule has 0 aliphatic heterocycles. The van der Waals surface area contributed by atoms with Crippen molar-refractivity contribution >= 4 is 18.1 Å². The molecule has 128 valence electrons. The van der Waals surface area contributed by atoms with Crippen LogP contribution in [0.1, 0.15) is 37.4 Å². The van der Waals surface area contributed by atoms with E-state index in [-0.39, 0.29) is 18.1 Å². The summed E-state index contributed by atoms with van der Waals surface area (Å²) in [4.78, 5) is 16.6. The second-order valence-corrected chi connectivity index (χ2v) is 6.06. The maximum absolute atomic E-state index is 12.2. The van der Waals surface area contributed by atoms with Crippen LogP contribution in [0.15, 0.2) is 33.7 Å². The summed E-state index contributed by atoms with van der Waals surface area (Å²) in [6, 6.07) is 5.44. The molecule has 0 spiro atoms. The first-order valence-corrected chi connectivity index (χ1v) is 7.82. The van der Waals surface area contributed by atoms with Gasteiger partial charge in [-0.2, -0.15) is 4.98 Å². The Balaban J connectivity index is 0.00000169. The molecule has 8 nitrogen and oxygen atoms in total. The van der Waals surface area contributed by atoms with E-state index in [4.69, 9.17) is 10.3 Å².